The molecular weight excluding hydrogens is 554 g/mol. The zero-order valence-corrected chi connectivity index (χ0v) is 23.5. The van der Waals surface area contributed by atoms with E-state index in [2.05, 4.69) is 20.7 Å². The lowest BCUT2D eigenvalue weighted by Gasteiger charge is -2.11. The third-order valence-electron chi connectivity index (χ3n) is 5.32. The molecule has 0 bridgehead atoms. The van der Waals surface area contributed by atoms with Gasteiger partial charge in [0.15, 0.2) is 22.5 Å². The van der Waals surface area contributed by atoms with Crippen LogP contribution in [0.15, 0.2) is 77.0 Å². The Bertz CT molecular complexity index is 1510. The van der Waals surface area contributed by atoms with Crippen molar-refractivity contribution in [2.45, 2.75) is 19.0 Å². The van der Waals surface area contributed by atoms with Gasteiger partial charge in [-0.1, -0.05) is 23.4 Å². The Morgan fingerprint density at radius 1 is 1.05 bits per heavy atom. The van der Waals surface area contributed by atoms with Crippen LogP contribution in [0, 0.1) is 0 Å². The van der Waals surface area contributed by atoms with E-state index in [1.807, 2.05) is 47.9 Å². The summed E-state index contributed by atoms with van der Waals surface area (Å²) in [6.07, 6.45) is 1.46. The van der Waals surface area contributed by atoms with Crippen molar-refractivity contribution >= 4 is 41.5 Å². The molecule has 10 nitrogen and oxygen atoms in total. The van der Waals surface area contributed by atoms with Gasteiger partial charge in [-0.15, -0.1) is 10.2 Å². The summed E-state index contributed by atoms with van der Waals surface area (Å²) in [5.41, 5.74) is 4.78. The van der Waals surface area contributed by atoms with Crippen LogP contribution in [0.2, 0.25) is 5.02 Å². The van der Waals surface area contributed by atoms with E-state index < -0.39 is 5.97 Å². The molecule has 4 rings (SSSR count). The number of benzene rings is 3. The van der Waals surface area contributed by atoms with Gasteiger partial charge in [0.1, 0.15) is 5.75 Å². The van der Waals surface area contributed by atoms with Crippen molar-refractivity contribution in [3.05, 3.63) is 77.3 Å². The monoisotopic (exact) mass is 579 g/mol. The Kier molecular flexibility index (Phi) is 9.76. The summed E-state index contributed by atoms with van der Waals surface area (Å²) in [6.45, 7) is 3.80. The highest BCUT2D eigenvalue weighted by atomic mass is 35.5. The molecule has 1 heterocycles. The van der Waals surface area contributed by atoms with Gasteiger partial charge in [-0.2, -0.15) is 5.10 Å². The molecule has 0 aliphatic heterocycles. The van der Waals surface area contributed by atoms with Crippen LogP contribution in [0.1, 0.15) is 19.4 Å². The molecular formula is C28H26ClN5O5S. The first-order valence-electron chi connectivity index (χ1n) is 12.1. The molecule has 0 spiro atoms. The maximum Gasteiger partial charge on any atom is 0.308 e. The number of halogens is 1. The van der Waals surface area contributed by atoms with Crippen LogP contribution in [0.25, 0.3) is 17.1 Å². The number of hydrogen-bond donors (Lipinski definition) is 1. The molecule has 0 radical (unpaired) electrons. The lowest BCUT2D eigenvalue weighted by Crippen LogP contribution is -2.20. The number of thioether (sulfide) groups is 1. The van der Waals surface area contributed by atoms with Crippen LogP contribution in [-0.2, 0) is 9.59 Å². The quantitative estimate of drug-likeness (QED) is 0.0851. The summed E-state index contributed by atoms with van der Waals surface area (Å²) in [5, 5.41) is 13.9. The molecule has 3 aromatic carbocycles. The van der Waals surface area contributed by atoms with E-state index in [0.29, 0.717) is 39.7 Å². The van der Waals surface area contributed by atoms with Gasteiger partial charge in [0.25, 0.3) is 5.91 Å². The van der Waals surface area contributed by atoms with Crippen molar-refractivity contribution in [2.75, 3.05) is 19.5 Å². The standard InChI is InChI=1S/C28H26ClN5O5S/c1-4-38-23-12-10-22(11-13-23)34-27(20-6-8-21(29)9-7-20)32-33-28(34)40-17-26(36)31-30-16-19-5-14-24(39-18(2)35)25(15-19)37-3/h5-16H,4,17H2,1-3H3,(H,31,36). The number of methoxy groups -OCH3 is 1. The molecule has 0 saturated carbocycles. The third kappa shape index (κ3) is 7.39. The number of hydrogen-bond acceptors (Lipinski definition) is 9. The van der Waals surface area contributed by atoms with E-state index in [1.165, 1.54) is 32.0 Å². The Balaban J connectivity index is 1.47. The minimum atomic E-state index is -0.455. The van der Waals surface area contributed by atoms with Gasteiger partial charge in [0.2, 0.25) is 0 Å². The van der Waals surface area contributed by atoms with Crippen molar-refractivity contribution in [1.82, 2.24) is 20.2 Å². The number of aromatic nitrogens is 3. The molecule has 1 amide bonds. The first kappa shape index (κ1) is 28.7. The van der Waals surface area contributed by atoms with Gasteiger partial charge in [-0.3, -0.25) is 14.2 Å². The van der Waals surface area contributed by atoms with Crippen LogP contribution < -0.4 is 19.6 Å². The molecule has 0 saturated heterocycles. The van der Waals surface area contributed by atoms with Crippen molar-refractivity contribution in [1.29, 1.82) is 0 Å². The van der Waals surface area contributed by atoms with Gasteiger partial charge in [0, 0.05) is 23.2 Å². The summed E-state index contributed by atoms with van der Waals surface area (Å²) < 4.78 is 17.8. The molecule has 0 atom stereocenters. The highest BCUT2D eigenvalue weighted by Crippen LogP contribution is 2.30. The predicted molar refractivity (Wildman–Crippen MR) is 154 cm³/mol. The Labute approximate surface area is 240 Å². The Hall–Kier alpha value is -4.35. The molecule has 0 aliphatic rings. The maximum absolute atomic E-state index is 12.6. The summed E-state index contributed by atoms with van der Waals surface area (Å²) >= 11 is 7.29. The van der Waals surface area contributed by atoms with Crippen molar-refractivity contribution in [3.63, 3.8) is 0 Å². The largest absolute Gasteiger partial charge is 0.494 e. The minimum absolute atomic E-state index is 0.0435. The highest BCUT2D eigenvalue weighted by molar-refractivity contribution is 7.99. The summed E-state index contributed by atoms with van der Waals surface area (Å²) in [6, 6.07) is 19.8. The van der Waals surface area contributed by atoms with Gasteiger partial charge in [-0.05, 0) is 79.2 Å². The lowest BCUT2D eigenvalue weighted by atomic mass is 10.2. The van der Waals surface area contributed by atoms with Gasteiger partial charge in [0.05, 0.1) is 25.7 Å². The number of hydrazone groups is 1. The number of amides is 1. The minimum Gasteiger partial charge on any atom is -0.494 e. The fraction of sp³-hybridized carbons (Fsp3) is 0.179. The maximum atomic E-state index is 12.6. The number of esters is 1. The van der Waals surface area contributed by atoms with Crippen LogP contribution in [0.5, 0.6) is 17.2 Å². The van der Waals surface area contributed by atoms with E-state index in [-0.39, 0.29) is 11.7 Å². The summed E-state index contributed by atoms with van der Waals surface area (Å²) in [4.78, 5) is 23.8. The normalized spacial score (nSPS) is 10.9. The molecule has 1 aromatic heterocycles. The molecule has 40 heavy (non-hydrogen) atoms. The van der Waals surface area contributed by atoms with Crippen LogP contribution in [-0.4, -0.2) is 52.3 Å². The fourth-order valence-electron chi connectivity index (χ4n) is 3.59. The van der Waals surface area contributed by atoms with Gasteiger partial charge in [-0.25, -0.2) is 5.43 Å². The van der Waals surface area contributed by atoms with E-state index in [4.69, 9.17) is 25.8 Å². The Morgan fingerprint density at radius 2 is 1.80 bits per heavy atom. The zero-order valence-electron chi connectivity index (χ0n) is 22.0. The first-order valence-corrected chi connectivity index (χ1v) is 13.5. The van der Waals surface area contributed by atoms with Crippen molar-refractivity contribution < 1.29 is 23.8 Å². The zero-order chi connectivity index (χ0) is 28.5. The second-order valence-corrected chi connectivity index (χ2v) is 9.54. The van der Waals surface area contributed by atoms with E-state index in [9.17, 15) is 9.59 Å². The number of carbonyl (C=O) groups excluding carboxylic acids is 2. The van der Waals surface area contributed by atoms with Gasteiger partial charge < -0.3 is 14.2 Å². The smallest absolute Gasteiger partial charge is 0.308 e. The third-order valence-corrected chi connectivity index (χ3v) is 6.50. The average Bonchev–Trinajstić information content (AvgIpc) is 3.37. The van der Waals surface area contributed by atoms with E-state index in [1.54, 1.807) is 30.3 Å². The molecule has 206 valence electrons. The van der Waals surface area contributed by atoms with Crippen LogP contribution in [0.4, 0.5) is 0 Å². The average molecular weight is 580 g/mol. The molecule has 0 aliphatic carbocycles. The molecule has 1 N–H and O–H groups in total. The van der Waals surface area contributed by atoms with Crippen molar-refractivity contribution in [2.24, 2.45) is 5.10 Å². The molecule has 0 fully saturated rings. The van der Waals surface area contributed by atoms with Gasteiger partial charge >= 0.3 is 5.97 Å². The second kappa shape index (κ2) is 13.6. The number of nitrogens with zero attached hydrogens (tertiary/aromatic N) is 4. The first-order chi connectivity index (χ1) is 19.4. The number of nitrogens with one attached hydrogen (secondary N) is 1. The highest BCUT2D eigenvalue weighted by Gasteiger charge is 2.17. The second-order valence-electron chi connectivity index (χ2n) is 8.16. The molecule has 0 unspecified atom stereocenters. The van der Waals surface area contributed by atoms with Crippen LogP contribution >= 0.6 is 23.4 Å². The molecule has 4 aromatic rings. The topological polar surface area (TPSA) is 117 Å². The number of carbonyl (C=O) groups is 2. The number of ether oxygens (including phenoxy) is 3. The van der Waals surface area contributed by atoms with E-state index in [0.717, 1.165) is 17.0 Å². The van der Waals surface area contributed by atoms with Crippen molar-refractivity contribution in [3.8, 4) is 34.3 Å². The summed E-state index contributed by atoms with van der Waals surface area (Å²) in [5.74, 6) is 1.27. The molecule has 12 heteroatoms. The summed E-state index contributed by atoms with van der Waals surface area (Å²) in [7, 11) is 1.46. The number of rotatable bonds is 11. The SMILES string of the molecule is CCOc1ccc(-n2c(SCC(=O)NN=Cc3ccc(OC(C)=O)c(OC)c3)nnc2-c2ccc(Cl)cc2)cc1. The fourth-order valence-corrected chi connectivity index (χ4v) is 4.46. The predicted octanol–water partition coefficient (Wildman–Crippen LogP) is 5.16. The van der Waals surface area contributed by atoms with Crippen LogP contribution in [0.3, 0.4) is 0 Å². The van der Waals surface area contributed by atoms with E-state index >= 15 is 0 Å². The Morgan fingerprint density at radius 3 is 2.48 bits per heavy atom. The lowest BCUT2D eigenvalue weighted by molar-refractivity contribution is -0.132.